The summed E-state index contributed by atoms with van der Waals surface area (Å²) in [6, 6.07) is 0. The second-order valence-electron chi connectivity index (χ2n) is 3.21. The Kier molecular flexibility index (Phi) is 35.0. The maximum absolute atomic E-state index is 2.27. The fourth-order valence-electron chi connectivity index (χ4n) is 0.500. The van der Waals surface area contributed by atoms with E-state index in [2.05, 4.69) is 33.5 Å². The number of unbranched alkanes of at least 4 members (excludes halogenated alkanes) is 3. The molecule has 0 aliphatic heterocycles. The van der Waals surface area contributed by atoms with Crippen LogP contribution in [0.1, 0.15) is 39.5 Å². The molecule has 12 heavy (non-hydrogen) atoms. The second-order valence-corrected chi connectivity index (χ2v) is 6.21. The number of hydrogen-bond donors (Lipinski definition) is 0. The first-order chi connectivity index (χ1) is 5.65. The molecule has 0 N–H and O–H groups in total. The van der Waals surface area contributed by atoms with Crippen LogP contribution in [0.5, 0.6) is 0 Å². The molecule has 0 saturated heterocycles. The first-order valence-corrected chi connectivity index (χ1v) is 8.41. The van der Waals surface area contributed by atoms with Crippen LogP contribution in [-0.2, 0) is 0 Å². The Labute approximate surface area is 91.3 Å². The van der Waals surface area contributed by atoms with Crippen LogP contribution < -0.4 is 0 Å². The van der Waals surface area contributed by atoms with Gasteiger partial charge in [0.2, 0.25) is 0 Å². The first kappa shape index (κ1) is 18.6. The van der Waals surface area contributed by atoms with E-state index in [4.69, 9.17) is 0 Å². The summed E-state index contributed by atoms with van der Waals surface area (Å²) in [5.74, 6) is 0. The fraction of sp³-hybridized carbons (Fsp3) is 1.00. The van der Waals surface area contributed by atoms with Gasteiger partial charge in [-0.05, 0) is 0 Å². The zero-order chi connectivity index (χ0) is 10.4. The summed E-state index contributed by atoms with van der Waals surface area (Å²) >= 11 is 2.00. The Morgan fingerprint density at radius 3 is 1.08 bits per heavy atom. The predicted molar refractivity (Wildman–Crippen MR) is 64.8 cm³/mol. The van der Waals surface area contributed by atoms with Gasteiger partial charge in [-0.25, -0.2) is 0 Å². The van der Waals surface area contributed by atoms with Crippen molar-refractivity contribution in [2.45, 2.75) is 64.8 Å². The van der Waals surface area contributed by atoms with Gasteiger partial charge in [0.05, 0.1) is 0 Å². The summed E-state index contributed by atoms with van der Waals surface area (Å²) in [7, 11) is 0.120. The zero-order valence-corrected chi connectivity index (χ0v) is 11.3. The minimum absolute atomic E-state index is 0.120. The third-order valence-corrected chi connectivity index (χ3v) is 0.957. The van der Waals surface area contributed by atoms with Crippen LogP contribution in [0.15, 0.2) is 0 Å². The standard InChI is InChI=1S/C6H14.C3H9Si.CH3.Li/c1-3-5-6-4-2;1-4(2)3;;/h3-6H2,1-2H3;1-3H3;1H3;. The summed E-state index contributed by atoms with van der Waals surface area (Å²) < 4.78 is 0. The van der Waals surface area contributed by atoms with Crippen molar-refractivity contribution in [1.29, 1.82) is 0 Å². The molecule has 1 radical (unpaired) electrons. The Morgan fingerprint density at radius 1 is 0.833 bits per heavy atom. The molecule has 2 heteroatoms. The third-order valence-electron chi connectivity index (χ3n) is 0.957. The summed E-state index contributed by atoms with van der Waals surface area (Å²) in [6.07, 6.45) is 5.54. The van der Waals surface area contributed by atoms with Crippen molar-refractivity contribution in [1.82, 2.24) is 0 Å². The summed E-state index contributed by atoms with van der Waals surface area (Å²) in [5, 5.41) is 0. The van der Waals surface area contributed by atoms with Gasteiger partial charge >= 0.3 is 23.3 Å². The van der Waals surface area contributed by atoms with Crippen molar-refractivity contribution < 1.29 is 0 Å². The minimum atomic E-state index is 0.120. The van der Waals surface area contributed by atoms with Crippen LogP contribution in [-0.4, -0.2) is 26.5 Å². The van der Waals surface area contributed by atoms with E-state index in [1.54, 1.807) is 0 Å². The van der Waals surface area contributed by atoms with Gasteiger partial charge in [-0.2, -0.15) is 0 Å². The van der Waals surface area contributed by atoms with Gasteiger partial charge in [0, 0.05) is 8.80 Å². The summed E-state index contributed by atoms with van der Waals surface area (Å²) in [5.41, 5.74) is 2.00. The molecule has 0 unspecified atom stereocenters. The molecule has 0 atom stereocenters. The third kappa shape index (κ3) is 71.6. The fourth-order valence-corrected chi connectivity index (χ4v) is 0.500. The van der Waals surface area contributed by atoms with Crippen LogP contribution in [0.25, 0.3) is 0 Å². The SMILES string of the molecule is CCCCCC.C[Si](C)C.[Li][CH3]. The van der Waals surface area contributed by atoms with Crippen molar-refractivity contribution in [3.8, 4) is 0 Å². The Hall–Kier alpha value is 0.814. The normalized spacial score (nSPS) is 8.08. The molecule has 0 heterocycles. The zero-order valence-electron chi connectivity index (χ0n) is 10.3. The Balaban J connectivity index is -0.000000118. The number of rotatable bonds is 3. The van der Waals surface area contributed by atoms with E-state index in [0.29, 0.717) is 0 Å². The van der Waals surface area contributed by atoms with Gasteiger partial charge in [0.1, 0.15) is 0 Å². The molecular weight excluding hydrogens is 155 g/mol. The van der Waals surface area contributed by atoms with E-state index in [1.165, 1.54) is 25.7 Å². The van der Waals surface area contributed by atoms with E-state index in [1.807, 2.05) is 23.3 Å². The molecule has 0 spiro atoms. The Morgan fingerprint density at radius 2 is 1.00 bits per heavy atom. The maximum atomic E-state index is 2.27. The van der Waals surface area contributed by atoms with E-state index < -0.39 is 0 Å². The topological polar surface area (TPSA) is 0 Å². The van der Waals surface area contributed by atoms with Gasteiger partial charge in [0.25, 0.3) is 0 Å². The average Bonchev–Trinajstić information content (AvgIpc) is 2.04. The van der Waals surface area contributed by atoms with Gasteiger partial charge in [0.15, 0.2) is 0 Å². The molecule has 0 saturated carbocycles. The molecule has 0 aliphatic rings. The van der Waals surface area contributed by atoms with Gasteiger partial charge in [-0.1, -0.05) is 59.2 Å². The average molecular weight is 181 g/mol. The van der Waals surface area contributed by atoms with Crippen molar-refractivity contribution in [3.05, 3.63) is 0 Å². The van der Waals surface area contributed by atoms with Crippen LogP contribution in [0.4, 0.5) is 0 Å². The van der Waals surface area contributed by atoms with Crippen molar-refractivity contribution in [3.63, 3.8) is 0 Å². The summed E-state index contributed by atoms with van der Waals surface area (Å²) in [4.78, 5) is 0. The molecule has 71 valence electrons. The molecule has 0 bridgehead atoms. The van der Waals surface area contributed by atoms with E-state index in [9.17, 15) is 0 Å². The molecule has 0 aromatic carbocycles. The van der Waals surface area contributed by atoms with Crippen LogP contribution >= 0.6 is 0 Å². The van der Waals surface area contributed by atoms with Crippen LogP contribution in [0.3, 0.4) is 0 Å². The van der Waals surface area contributed by atoms with Gasteiger partial charge < -0.3 is 0 Å². The van der Waals surface area contributed by atoms with E-state index in [-0.39, 0.29) is 8.80 Å². The molecule has 0 amide bonds. The van der Waals surface area contributed by atoms with Crippen molar-refractivity contribution in [2.24, 2.45) is 0 Å². The molecular formula is C10H26LiSi. The molecule has 0 rings (SSSR count). The number of hydrogen-bond acceptors (Lipinski definition) is 0. The quantitative estimate of drug-likeness (QED) is 0.453. The van der Waals surface area contributed by atoms with Crippen molar-refractivity contribution in [2.75, 3.05) is 0 Å². The second kappa shape index (κ2) is 22.6. The molecule has 0 aliphatic carbocycles. The van der Waals surface area contributed by atoms with Gasteiger partial charge in [-0.15, -0.1) is 0 Å². The van der Waals surface area contributed by atoms with Crippen LogP contribution in [0.2, 0.25) is 25.2 Å². The van der Waals surface area contributed by atoms with E-state index in [0.717, 1.165) is 0 Å². The van der Waals surface area contributed by atoms with E-state index >= 15 is 0 Å². The molecule has 0 fully saturated rings. The molecule has 0 nitrogen and oxygen atoms in total. The first-order valence-electron chi connectivity index (χ1n) is 5.41. The van der Waals surface area contributed by atoms with Gasteiger partial charge in [-0.3, -0.25) is 0 Å². The molecule has 0 aromatic heterocycles. The monoisotopic (exact) mass is 181 g/mol. The predicted octanol–water partition coefficient (Wildman–Crippen LogP) is 4.16. The Bertz CT molecular complexity index is 40.3. The van der Waals surface area contributed by atoms with Crippen molar-refractivity contribution >= 4 is 26.5 Å². The summed E-state index contributed by atoms with van der Waals surface area (Å²) in [6.45, 7) is 11.3. The molecule has 0 aromatic rings. The van der Waals surface area contributed by atoms with Crippen LogP contribution in [0, 0.1) is 0 Å².